The Kier molecular flexibility index (Phi) is 5.32. The average Bonchev–Trinajstić information content (AvgIpc) is 2.39. The molecule has 0 unspecified atom stereocenters. The molecule has 0 aliphatic carbocycles. The van der Waals surface area contributed by atoms with E-state index in [0.717, 1.165) is 17.4 Å². The number of carbonyl (C=O) groups excluding carboxylic acids is 2. The third-order valence-electron chi connectivity index (χ3n) is 2.18. The van der Waals surface area contributed by atoms with Crippen LogP contribution in [0.1, 0.15) is 26.3 Å². The zero-order valence-corrected chi connectivity index (χ0v) is 10.0. The van der Waals surface area contributed by atoms with Gasteiger partial charge in [-0.3, -0.25) is 9.59 Å². The lowest BCUT2D eigenvalue weighted by Crippen LogP contribution is -1.78. The van der Waals surface area contributed by atoms with Crippen LogP contribution in [0.4, 0.5) is 0 Å². The molecule has 0 aliphatic heterocycles. The molecule has 3 nitrogen and oxygen atoms in total. The van der Waals surface area contributed by atoms with Crippen molar-refractivity contribution >= 4 is 12.6 Å². The number of aryl methyl sites for hydroxylation is 1. The third kappa shape index (κ3) is 4.61. The Hall–Kier alpha value is -2.42. The second-order valence-electron chi connectivity index (χ2n) is 3.74. The monoisotopic (exact) mass is 242 g/mol. The first-order valence-electron chi connectivity index (χ1n) is 5.42. The summed E-state index contributed by atoms with van der Waals surface area (Å²) in [6.07, 6.45) is 1.55. The number of aldehydes is 2. The molecule has 0 saturated carbocycles. The summed E-state index contributed by atoms with van der Waals surface area (Å²) in [5.41, 5.74) is 2.37. The first-order valence-corrected chi connectivity index (χ1v) is 5.42. The van der Waals surface area contributed by atoms with E-state index in [1.807, 2.05) is 25.1 Å². The molecule has 18 heavy (non-hydrogen) atoms. The molecular formula is C15H14O3. The minimum Gasteiger partial charge on any atom is -0.508 e. The maximum absolute atomic E-state index is 10.2. The van der Waals surface area contributed by atoms with Crippen molar-refractivity contribution in [2.75, 3.05) is 0 Å². The van der Waals surface area contributed by atoms with E-state index in [4.69, 9.17) is 5.11 Å². The predicted octanol–water partition coefficient (Wildman–Crippen LogP) is 3.01. The van der Waals surface area contributed by atoms with Crippen molar-refractivity contribution in [3.05, 3.63) is 65.2 Å². The van der Waals surface area contributed by atoms with Crippen molar-refractivity contribution in [2.24, 2.45) is 0 Å². The normalized spacial score (nSPS) is 8.94. The van der Waals surface area contributed by atoms with Gasteiger partial charge in [-0.05, 0) is 25.1 Å². The first-order chi connectivity index (χ1) is 8.65. The molecule has 0 amide bonds. The SMILES string of the molecule is Cc1cccc(C=O)c1.O=Cc1cccc(O)c1. The number of aromatic hydroxyl groups is 1. The van der Waals surface area contributed by atoms with Gasteiger partial charge < -0.3 is 5.11 Å². The number of phenols is 1. The fourth-order valence-electron chi connectivity index (χ4n) is 1.34. The fourth-order valence-corrected chi connectivity index (χ4v) is 1.34. The lowest BCUT2D eigenvalue weighted by atomic mass is 10.2. The van der Waals surface area contributed by atoms with Gasteiger partial charge in [0.2, 0.25) is 0 Å². The highest BCUT2D eigenvalue weighted by molar-refractivity contribution is 5.75. The first kappa shape index (κ1) is 13.6. The number of benzene rings is 2. The van der Waals surface area contributed by atoms with Gasteiger partial charge in [-0.25, -0.2) is 0 Å². The molecule has 0 atom stereocenters. The summed E-state index contributed by atoms with van der Waals surface area (Å²) >= 11 is 0. The van der Waals surface area contributed by atoms with Crippen LogP contribution in [0.25, 0.3) is 0 Å². The second-order valence-corrected chi connectivity index (χ2v) is 3.74. The lowest BCUT2D eigenvalue weighted by molar-refractivity contribution is 0.111. The summed E-state index contributed by atoms with van der Waals surface area (Å²) in [6.45, 7) is 1.97. The van der Waals surface area contributed by atoms with E-state index in [1.54, 1.807) is 18.2 Å². The van der Waals surface area contributed by atoms with E-state index < -0.39 is 0 Å². The summed E-state index contributed by atoms with van der Waals surface area (Å²) in [5.74, 6) is 0.125. The predicted molar refractivity (Wildman–Crippen MR) is 70.1 cm³/mol. The number of hydrogen-bond donors (Lipinski definition) is 1. The van der Waals surface area contributed by atoms with Crippen molar-refractivity contribution in [2.45, 2.75) is 6.92 Å². The van der Waals surface area contributed by atoms with Crippen molar-refractivity contribution in [1.82, 2.24) is 0 Å². The van der Waals surface area contributed by atoms with Crippen LogP contribution >= 0.6 is 0 Å². The van der Waals surface area contributed by atoms with Gasteiger partial charge in [-0.15, -0.1) is 0 Å². The van der Waals surface area contributed by atoms with Gasteiger partial charge in [-0.2, -0.15) is 0 Å². The Morgan fingerprint density at radius 3 is 1.83 bits per heavy atom. The minimum absolute atomic E-state index is 0.125. The Morgan fingerprint density at radius 2 is 1.44 bits per heavy atom. The molecule has 2 rings (SSSR count). The lowest BCUT2D eigenvalue weighted by Gasteiger charge is -1.89. The maximum atomic E-state index is 10.2. The third-order valence-corrected chi connectivity index (χ3v) is 2.18. The molecule has 0 radical (unpaired) electrons. The highest BCUT2D eigenvalue weighted by atomic mass is 16.3. The largest absolute Gasteiger partial charge is 0.508 e. The molecular weight excluding hydrogens is 228 g/mol. The second kappa shape index (κ2) is 7.01. The highest BCUT2D eigenvalue weighted by Crippen LogP contribution is 2.08. The molecule has 1 N–H and O–H groups in total. The van der Waals surface area contributed by atoms with Gasteiger partial charge in [0, 0.05) is 11.1 Å². The van der Waals surface area contributed by atoms with Crippen molar-refractivity contribution < 1.29 is 14.7 Å². The van der Waals surface area contributed by atoms with Crippen LogP contribution in [0.5, 0.6) is 5.75 Å². The zero-order chi connectivity index (χ0) is 13.4. The van der Waals surface area contributed by atoms with Gasteiger partial charge in [0.15, 0.2) is 0 Å². The molecule has 0 spiro atoms. The molecule has 0 bridgehead atoms. The van der Waals surface area contributed by atoms with E-state index in [9.17, 15) is 9.59 Å². The molecule has 0 saturated heterocycles. The summed E-state index contributed by atoms with van der Waals surface area (Å²) in [5, 5.41) is 8.79. The van der Waals surface area contributed by atoms with Crippen LogP contribution in [-0.2, 0) is 0 Å². The minimum atomic E-state index is 0.125. The van der Waals surface area contributed by atoms with Gasteiger partial charge in [-0.1, -0.05) is 35.9 Å². The van der Waals surface area contributed by atoms with Crippen LogP contribution in [0.2, 0.25) is 0 Å². The zero-order valence-electron chi connectivity index (χ0n) is 10.0. The van der Waals surface area contributed by atoms with E-state index >= 15 is 0 Å². The molecule has 92 valence electrons. The van der Waals surface area contributed by atoms with Crippen LogP contribution < -0.4 is 0 Å². The van der Waals surface area contributed by atoms with Crippen LogP contribution in [0.3, 0.4) is 0 Å². The number of phenolic OH excluding ortho intramolecular Hbond substituents is 1. The van der Waals surface area contributed by atoms with E-state index in [2.05, 4.69) is 0 Å². The average molecular weight is 242 g/mol. The van der Waals surface area contributed by atoms with Crippen molar-refractivity contribution in [3.8, 4) is 5.75 Å². The molecule has 0 aromatic heterocycles. The van der Waals surface area contributed by atoms with Gasteiger partial charge in [0.1, 0.15) is 18.3 Å². The smallest absolute Gasteiger partial charge is 0.150 e. The Bertz CT molecular complexity index is 483. The van der Waals surface area contributed by atoms with E-state index in [-0.39, 0.29) is 5.75 Å². The van der Waals surface area contributed by atoms with Crippen LogP contribution in [0, 0.1) is 6.92 Å². The highest BCUT2D eigenvalue weighted by Gasteiger charge is 1.88. The Labute approximate surface area is 106 Å². The van der Waals surface area contributed by atoms with Gasteiger partial charge >= 0.3 is 0 Å². The van der Waals surface area contributed by atoms with Gasteiger partial charge in [0.25, 0.3) is 0 Å². The number of carbonyl (C=O) groups is 2. The fraction of sp³-hybridized carbons (Fsp3) is 0.0667. The van der Waals surface area contributed by atoms with E-state index in [1.165, 1.54) is 12.1 Å². The topological polar surface area (TPSA) is 54.4 Å². The summed E-state index contributed by atoms with van der Waals surface area (Å²) in [4.78, 5) is 20.2. The molecule has 3 heteroatoms. The number of hydrogen-bond acceptors (Lipinski definition) is 3. The van der Waals surface area contributed by atoms with Gasteiger partial charge in [0.05, 0.1) is 0 Å². The standard InChI is InChI=1S/C8H8O.C7H6O2/c1-7-3-2-4-8(5-7)6-9;8-5-6-2-1-3-7(9)4-6/h2-6H,1H3;1-5,9H. The molecule has 2 aromatic rings. The summed E-state index contributed by atoms with van der Waals surface area (Å²) < 4.78 is 0. The quantitative estimate of drug-likeness (QED) is 0.823. The number of rotatable bonds is 2. The van der Waals surface area contributed by atoms with E-state index in [0.29, 0.717) is 11.8 Å². The summed E-state index contributed by atoms with van der Waals surface area (Å²) in [6, 6.07) is 13.7. The molecule has 0 fully saturated rings. The molecule has 0 heterocycles. The van der Waals surface area contributed by atoms with Crippen LogP contribution in [0.15, 0.2) is 48.5 Å². The molecule has 0 aliphatic rings. The van der Waals surface area contributed by atoms with Crippen molar-refractivity contribution in [1.29, 1.82) is 0 Å². The van der Waals surface area contributed by atoms with Crippen molar-refractivity contribution in [3.63, 3.8) is 0 Å². The maximum Gasteiger partial charge on any atom is 0.150 e. The summed E-state index contributed by atoms with van der Waals surface area (Å²) in [7, 11) is 0. The Morgan fingerprint density at radius 1 is 0.889 bits per heavy atom. The van der Waals surface area contributed by atoms with Crippen LogP contribution in [-0.4, -0.2) is 17.7 Å². The molecule has 2 aromatic carbocycles. The Balaban J connectivity index is 0.000000180.